The highest BCUT2D eigenvalue weighted by atomic mass is 32.2. The lowest BCUT2D eigenvalue weighted by Gasteiger charge is -2.28. The van der Waals surface area contributed by atoms with Crippen molar-refractivity contribution in [3.8, 4) is 0 Å². The minimum Gasteiger partial charge on any atom is -0.741 e. The summed E-state index contributed by atoms with van der Waals surface area (Å²) in [5, 5.41) is 2.83. The van der Waals surface area contributed by atoms with Crippen LogP contribution in [-0.4, -0.2) is 62.6 Å². The van der Waals surface area contributed by atoms with Crippen molar-refractivity contribution in [1.29, 1.82) is 0 Å². The van der Waals surface area contributed by atoms with Crippen LogP contribution < -0.4 is 5.32 Å². The number of hydrogen-bond acceptors (Lipinski definition) is 4. The van der Waals surface area contributed by atoms with Crippen molar-refractivity contribution in [1.82, 2.24) is 5.32 Å². The molecule has 10 heteroatoms. The molecule has 6 nitrogen and oxygen atoms in total. The standard InChI is InChI=1S/C11H22N2O.CHF3O3S/c1-6-13(4,5)9-7-8-12-11(14)10(2)3;2-1(3,4)8(5,6)7/h2,6-9H2,1,3-5H3;(H,5,6,7). The van der Waals surface area contributed by atoms with Gasteiger partial charge in [0.25, 0.3) is 0 Å². The second-order valence-electron chi connectivity index (χ2n) is 5.27. The summed E-state index contributed by atoms with van der Waals surface area (Å²) in [7, 11) is -1.70. The van der Waals surface area contributed by atoms with E-state index in [1.54, 1.807) is 6.92 Å². The molecular weight excluding hydrogens is 325 g/mol. The molecule has 0 aromatic heterocycles. The molecule has 0 aromatic rings. The van der Waals surface area contributed by atoms with E-state index >= 15 is 0 Å². The number of quaternary nitrogens is 1. The first kappa shape index (κ1) is 23.1. The molecule has 132 valence electrons. The first-order chi connectivity index (χ1) is 9.64. The number of hydrogen-bond donors (Lipinski definition) is 1. The van der Waals surface area contributed by atoms with Gasteiger partial charge >= 0.3 is 5.51 Å². The summed E-state index contributed by atoms with van der Waals surface area (Å²) in [5.74, 6) is -0.0354. The van der Waals surface area contributed by atoms with E-state index in [2.05, 4.69) is 32.9 Å². The fourth-order valence-electron chi connectivity index (χ4n) is 1.02. The molecular formula is C12H23F3N2O4S. The zero-order chi connectivity index (χ0) is 18.2. The Bertz CT molecular complexity index is 473. The molecule has 1 N–H and O–H groups in total. The number of carbonyl (C=O) groups excluding carboxylic acids is 1. The molecule has 0 unspecified atom stereocenters. The lowest BCUT2D eigenvalue weighted by molar-refractivity contribution is -0.888. The van der Waals surface area contributed by atoms with Crippen molar-refractivity contribution >= 4 is 16.0 Å². The maximum atomic E-state index is 11.1. The van der Waals surface area contributed by atoms with Crippen molar-refractivity contribution in [3.05, 3.63) is 12.2 Å². The second-order valence-corrected chi connectivity index (χ2v) is 6.64. The Kier molecular flexibility index (Phi) is 9.58. The van der Waals surface area contributed by atoms with Crippen molar-refractivity contribution in [2.75, 3.05) is 33.7 Å². The van der Waals surface area contributed by atoms with Gasteiger partial charge in [-0.05, 0) is 13.8 Å². The van der Waals surface area contributed by atoms with Crippen molar-refractivity contribution < 1.29 is 35.4 Å². The van der Waals surface area contributed by atoms with Crippen LogP contribution in [0, 0.1) is 0 Å². The first-order valence-corrected chi connectivity index (χ1v) is 7.82. The highest BCUT2D eigenvalue weighted by Gasteiger charge is 2.36. The topological polar surface area (TPSA) is 86.3 Å². The number of amides is 1. The van der Waals surface area contributed by atoms with Crippen molar-refractivity contribution in [2.45, 2.75) is 25.8 Å². The predicted octanol–water partition coefficient (Wildman–Crippen LogP) is 1.22. The molecule has 0 aromatic carbocycles. The van der Waals surface area contributed by atoms with E-state index in [1.807, 2.05) is 0 Å². The van der Waals surface area contributed by atoms with E-state index in [0.29, 0.717) is 5.57 Å². The number of rotatable bonds is 6. The van der Waals surface area contributed by atoms with Gasteiger partial charge in [0.15, 0.2) is 10.1 Å². The molecule has 0 aliphatic heterocycles. The second kappa shape index (κ2) is 9.11. The molecule has 0 bridgehead atoms. The van der Waals surface area contributed by atoms with E-state index in [-0.39, 0.29) is 5.91 Å². The number of nitrogens with zero attached hydrogens (tertiary/aromatic N) is 1. The van der Waals surface area contributed by atoms with Crippen LogP contribution in [0.3, 0.4) is 0 Å². The smallest absolute Gasteiger partial charge is 0.485 e. The fourth-order valence-corrected chi connectivity index (χ4v) is 1.02. The van der Waals surface area contributed by atoms with Crippen LogP contribution >= 0.6 is 0 Å². The Morgan fingerprint density at radius 2 is 1.73 bits per heavy atom. The summed E-state index contributed by atoms with van der Waals surface area (Å²) in [6.45, 7) is 10.4. The quantitative estimate of drug-likeness (QED) is 0.257. The molecule has 0 rings (SSSR count). The largest absolute Gasteiger partial charge is 0.741 e. The Morgan fingerprint density at radius 3 is 2.00 bits per heavy atom. The van der Waals surface area contributed by atoms with E-state index < -0.39 is 15.6 Å². The molecule has 0 heterocycles. The van der Waals surface area contributed by atoms with Gasteiger partial charge < -0.3 is 14.4 Å². The molecule has 0 spiro atoms. The third-order valence-electron chi connectivity index (χ3n) is 2.75. The van der Waals surface area contributed by atoms with E-state index in [9.17, 15) is 18.0 Å². The third kappa shape index (κ3) is 11.5. The highest BCUT2D eigenvalue weighted by Crippen LogP contribution is 2.20. The summed E-state index contributed by atoms with van der Waals surface area (Å²) in [6, 6.07) is 0. The summed E-state index contributed by atoms with van der Waals surface area (Å²) in [5.41, 5.74) is -5.07. The third-order valence-corrected chi connectivity index (χ3v) is 3.32. The van der Waals surface area contributed by atoms with Gasteiger partial charge in [-0.3, -0.25) is 4.79 Å². The van der Waals surface area contributed by atoms with Crippen molar-refractivity contribution in [3.63, 3.8) is 0 Å². The summed E-state index contributed by atoms with van der Waals surface area (Å²) in [6.07, 6.45) is 1.01. The number of nitrogens with one attached hydrogen (secondary N) is 1. The molecule has 0 atom stereocenters. The zero-order valence-electron chi connectivity index (χ0n) is 13.2. The SMILES string of the molecule is C=C(C)C(=O)NCCC[N+](C)(C)CC.O=S(=O)([O-])C(F)(F)F. The molecule has 22 heavy (non-hydrogen) atoms. The zero-order valence-corrected chi connectivity index (χ0v) is 14.0. The summed E-state index contributed by atoms with van der Waals surface area (Å²) >= 11 is 0. The summed E-state index contributed by atoms with van der Waals surface area (Å²) in [4.78, 5) is 11.1. The number of halogens is 3. The predicted molar refractivity (Wildman–Crippen MR) is 75.7 cm³/mol. The van der Waals surface area contributed by atoms with E-state index in [0.717, 1.165) is 30.5 Å². The van der Waals surface area contributed by atoms with Gasteiger partial charge in [0, 0.05) is 18.5 Å². The summed E-state index contributed by atoms with van der Waals surface area (Å²) < 4.78 is 59.9. The minimum atomic E-state index is -6.09. The van der Waals surface area contributed by atoms with Crippen LogP contribution in [0.4, 0.5) is 13.2 Å². The number of alkyl halides is 3. The van der Waals surface area contributed by atoms with Gasteiger partial charge in [-0.2, -0.15) is 13.2 Å². The molecule has 0 aliphatic rings. The Hall–Kier alpha value is -1.13. The van der Waals surface area contributed by atoms with Crippen LogP contribution in [0.5, 0.6) is 0 Å². The monoisotopic (exact) mass is 348 g/mol. The molecule has 1 amide bonds. The van der Waals surface area contributed by atoms with Crippen molar-refractivity contribution in [2.24, 2.45) is 0 Å². The van der Waals surface area contributed by atoms with Gasteiger partial charge in [0.1, 0.15) is 0 Å². The van der Waals surface area contributed by atoms with E-state index in [1.165, 1.54) is 0 Å². The molecule has 0 aliphatic carbocycles. The first-order valence-electron chi connectivity index (χ1n) is 6.42. The van der Waals surface area contributed by atoms with Gasteiger partial charge in [-0.15, -0.1) is 0 Å². The van der Waals surface area contributed by atoms with Gasteiger partial charge in [-0.1, -0.05) is 6.58 Å². The highest BCUT2D eigenvalue weighted by molar-refractivity contribution is 7.86. The Balaban J connectivity index is 0. The van der Waals surface area contributed by atoms with Gasteiger partial charge in [0.05, 0.1) is 27.2 Å². The lowest BCUT2D eigenvalue weighted by atomic mass is 10.3. The Labute approximate surface area is 129 Å². The van der Waals surface area contributed by atoms with Crippen LogP contribution in [-0.2, 0) is 14.9 Å². The van der Waals surface area contributed by atoms with Gasteiger partial charge in [0.2, 0.25) is 5.91 Å². The van der Waals surface area contributed by atoms with Crippen LogP contribution in [0.1, 0.15) is 20.3 Å². The maximum absolute atomic E-state index is 11.1. The normalized spacial score (nSPS) is 12.2. The van der Waals surface area contributed by atoms with Gasteiger partial charge in [-0.25, -0.2) is 8.42 Å². The average molecular weight is 348 g/mol. The van der Waals surface area contributed by atoms with E-state index in [4.69, 9.17) is 13.0 Å². The van der Waals surface area contributed by atoms with Crippen LogP contribution in [0.2, 0.25) is 0 Å². The molecule has 0 fully saturated rings. The number of carbonyl (C=O) groups is 1. The molecule has 0 saturated carbocycles. The maximum Gasteiger partial charge on any atom is 0.485 e. The minimum absolute atomic E-state index is 0.0354. The molecule has 0 saturated heterocycles. The lowest BCUT2D eigenvalue weighted by Crippen LogP contribution is -2.41. The average Bonchev–Trinajstić information content (AvgIpc) is 2.32. The van der Waals surface area contributed by atoms with Crippen LogP contribution in [0.15, 0.2) is 12.2 Å². The Morgan fingerprint density at radius 1 is 1.32 bits per heavy atom. The fraction of sp³-hybridized carbons (Fsp3) is 0.750. The van der Waals surface area contributed by atoms with Crippen LogP contribution in [0.25, 0.3) is 0 Å². The molecule has 0 radical (unpaired) electrons.